The second-order valence-corrected chi connectivity index (χ2v) is 16.3. The van der Waals surface area contributed by atoms with Crippen LogP contribution in [0.3, 0.4) is 0 Å². The van der Waals surface area contributed by atoms with Gasteiger partial charge in [-0.3, -0.25) is 4.99 Å². The highest BCUT2D eigenvalue weighted by molar-refractivity contribution is 8.15. The molecule has 0 saturated heterocycles. The Kier molecular flexibility index (Phi) is 6.35. The maximum atomic E-state index is 14.7. The summed E-state index contributed by atoms with van der Waals surface area (Å²) in [5.74, 6) is -2.02. The fourth-order valence-electron chi connectivity index (χ4n) is 3.84. The van der Waals surface area contributed by atoms with Crippen LogP contribution >= 0.6 is 11.8 Å². The van der Waals surface area contributed by atoms with Crippen molar-refractivity contribution in [2.75, 3.05) is 19.9 Å². The Morgan fingerprint density at radius 3 is 2.73 bits per heavy atom. The number of hydrogen-bond acceptors (Lipinski definition) is 5. The normalized spacial score (nSPS) is 28.0. The van der Waals surface area contributed by atoms with Gasteiger partial charge in [-0.15, -0.1) is 0 Å². The van der Waals surface area contributed by atoms with Crippen LogP contribution in [-0.2, 0) is 10.3 Å². The molecule has 3 atom stereocenters. The summed E-state index contributed by atoms with van der Waals surface area (Å²) in [6.45, 7) is 8.93. The van der Waals surface area contributed by atoms with Crippen LogP contribution in [0.25, 0.3) is 0 Å². The number of halogens is 2. The van der Waals surface area contributed by atoms with Crippen molar-refractivity contribution >= 4 is 31.1 Å². The quantitative estimate of drug-likeness (QED) is 0.362. The van der Waals surface area contributed by atoms with Gasteiger partial charge in [-0.2, -0.15) is 0 Å². The summed E-state index contributed by atoms with van der Waals surface area (Å²) >= 11 is 1.30. The van der Waals surface area contributed by atoms with Crippen LogP contribution in [0.5, 0.6) is 0 Å². The highest BCUT2D eigenvalue weighted by atomic mass is 32.2. The second-order valence-electron chi connectivity index (χ2n) is 9.33. The number of amidine groups is 1. The van der Waals surface area contributed by atoms with Crippen LogP contribution in [-0.4, -0.2) is 54.0 Å². The van der Waals surface area contributed by atoms with E-state index in [1.165, 1.54) is 23.9 Å². The zero-order valence-electron chi connectivity index (χ0n) is 17.7. The molecule has 2 aliphatic rings. The molecule has 1 heterocycles. The molecule has 1 aromatic rings. The molecule has 30 heavy (non-hydrogen) atoms. The van der Waals surface area contributed by atoms with Gasteiger partial charge in [0, 0.05) is 37.5 Å². The Labute approximate surface area is 180 Å². The van der Waals surface area contributed by atoms with Gasteiger partial charge in [0.15, 0.2) is 16.8 Å². The van der Waals surface area contributed by atoms with E-state index in [-0.39, 0.29) is 29.9 Å². The first kappa shape index (κ1) is 23.2. The Morgan fingerprint density at radius 2 is 2.13 bits per heavy atom. The van der Waals surface area contributed by atoms with Gasteiger partial charge >= 0.3 is 6.09 Å². The van der Waals surface area contributed by atoms with Gasteiger partial charge in [0.25, 0.3) is 0 Å². The number of nitrogens with zero attached hydrogens (tertiary/aromatic N) is 2. The molecule has 0 bridgehead atoms. The van der Waals surface area contributed by atoms with Crippen LogP contribution in [0.15, 0.2) is 23.2 Å². The Hall–Kier alpha value is -1.49. The second kappa shape index (κ2) is 8.21. The highest BCUT2D eigenvalue weighted by Crippen LogP contribution is 2.66. The van der Waals surface area contributed by atoms with E-state index in [1.54, 1.807) is 6.92 Å². The summed E-state index contributed by atoms with van der Waals surface area (Å²) in [5, 5.41) is 9.98. The molecule has 3 N–H and O–H groups in total. The van der Waals surface area contributed by atoms with Crippen molar-refractivity contribution in [2.24, 2.45) is 16.6 Å². The molecule has 0 spiro atoms. The van der Waals surface area contributed by atoms with Gasteiger partial charge in [-0.25, -0.2) is 18.5 Å². The number of hydrogen-bond donors (Lipinski definition) is 2. The van der Waals surface area contributed by atoms with E-state index in [0.717, 1.165) is 17.0 Å². The molecule has 1 aromatic carbocycles. The third kappa shape index (κ3) is 4.41. The Balaban J connectivity index is 1.92. The Morgan fingerprint density at radius 1 is 1.43 bits per heavy atom. The maximum Gasteiger partial charge on any atom is 0.415 e. The average Bonchev–Trinajstić information content (AvgIpc) is 3.39. The predicted octanol–water partition coefficient (Wildman–Crippen LogP) is 4.29. The van der Waals surface area contributed by atoms with Crippen molar-refractivity contribution in [2.45, 2.75) is 49.3 Å². The highest BCUT2D eigenvalue weighted by Gasteiger charge is 2.66. The van der Waals surface area contributed by atoms with Crippen molar-refractivity contribution in [1.29, 1.82) is 0 Å². The number of amides is 1. The third-order valence-electron chi connectivity index (χ3n) is 5.85. The third-order valence-corrected chi connectivity index (χ3v) is 9.07. The summed E-state index contributed by atoms with van der Waals surface area (Å²) in [5.41, 5.74) is 5.02. The number of thioether (sulfide) groups is 1. The fourth-order valence-corrected chi connectivity index (χ4v) is 6.15. The number of benzene rings is 1. The van der Waals surface area contributed by atoms with E-state index >= 15 is 0 Å². The first-order chi connectivity index (χ1) is 13.9. The van der Waals surface area contributed by atoms with Crippen molar-refractivity contribution in [1.82, 2.24) is 4.90 Å². The first-order valence-electron chi connectivity index (χ1n) is 9.95. The summed E-state index contributed by atoms with van der Waals surface area (Å²) in [4.78, 5) is 17.6. The molecule has 1 saturated carbocycles. The molecule has 1 fully saturated rings. The summed E-state index contributed by atoms with van der Waals surface area (Å²) in [6.07, 6.45) is -0.556. The lowest BCUT2D eigenvalue weighted by Gasteiger charge is -2.37. The van der Waals surface area contributed by atoms with E-state index in [2.05, 4.69) is 24.6 Å². The molecule has 1 aliphatic carbocycles. The van der Waals surface area contributed by atoms with Crippen LogP contribution in [0.2, 0.25) is 25.7 Å². The van der Waals surface area contributed by atoms with Crippen LogP contribution in [0, 0.1) is 17.6 Å². The molecule has 1 amide bonds. The van der Waals surface area contributed by atoms with Crippen LogP contribution in [0.1, 0.15) is 18.9 Å². The predicted molar refractivity (Wildman–Crippen MR) is 117 cm³/mol. The fraction of sp³-hybridized carbons (Fsp3) is 0.600. The first-order valence-corrected chi connectivity index (χ1v) is 14.5. The van der Waals surface area contributed by atoms with Gasteiger partial charge in [0.1, 0.15) is 6.73 Å². The Bertz CT molecular complexity index is 866. The minimum absolute atomic E-state index is 0.108. The monoisotopic (exact) mass is 457 g/mol. The molecule has 0 unspecified atom stereocenters. The van der Waals surface area contributed by atoms with E-state index in [4.69, 9.17) is 10.5 Å². The largest absolute Gasteiger partial charge is 0.465 e. The van der Waals surface area contributed by atoms with Crippen LogP contribution in [0.4, 0.5) is 13.6 Å². The van der Waals surface area contributed by atoms with Crippen LogP contribution < -0.4 is 5.73 Å². The van der Waals surface area contributed by atoms with Crippen molar-refractivity contribution in [3.8, 4) is 0 Å². The number of nitrogens with two attached hydrogens (primary N) is 1. The smallest absolute Gasteiger partial charge is 0.415 e. The number of aliphatic imine (C=N–C) groups is 1. The maximum absolute atomic E-state index is 14.7. The lowest BCUT2D eigenvalue weighted by Crippen LogP contribution is -2.45. The van der Waals surface area contributed by atoms with Gasteiger partial charge in [-0.1, -0.05) is 43.5 Å². The number of carboxylic acid groups (broad SMARTS) is 1. The van der Waals surface area contributed by atoms with E-state index in [9.17, 15) is 18.7 Å². The zero-order valence-corrected chi connectivity index (χ0v) is 19.6. The van der Waals surface area contributed by atoms with E-state index < -0.39 is 36.1 Å². The molecular weight excluding hydrogens is 428 g/mol. The number of rotatable bonds is 7. The molecular formula is C20H29F2N3O3SSi. The van der Waals surface area contributed by atoms with Crippen molar-refractivity contribution in [3.63, 3.8) is 0 Å². The number of fused-ring (bicyclic) bond motifs is 1. The van der Waals surface area contributed by atoms with Gasteiger partial charge in [0.2, 0.25) is 0 Å². The van der Waals surface area contributed by atoms with E-state index in [1.807, 2.05) is 0 Å². The molecule has 1 aliphatic heterocycles. The zero-order chi connectivity index (χ0) is 22.3. The number of ether oxygens (including phenoxy) is 1. The molecule has 0 radical (unpaired) electrons. The van der Waals surface area contributed by atoms with Gasteiger partial charge in [0.05, 0.1) is 5.54 Å². The molecule has 0 aromatic heterocycles. The topological polar surface area (TPSA) is 88.1 Å². The minimum Gasteiger partial charge on any atom is -0.465 e. The summed E-state index contributed by atoms with van der Waals surface area (Å²) < 4.78 is 33.8. The number of carbonyl (C=O) groups is 1. The van der Waals surface area contributed by atoms with E-state index in [0.29, 0.717) is 13.0 Å². The van der Waals surface area contributed by atoms with Crippen molar-refractivity contribution < 1.29 is 23.4 Å². The van der Waals surface area contributed by atoms with Crippen molar-refractivity contribution in [3.05, 3.63) is 35.4 Å². The minimum atomic E-state index is -1.32. The molecule has 6 nitrogen and oxygen atoms in total. The van der Waals surface area contributed by atoms with Gasteiger partial charge in [-0.05, 0) is 25.5 Å². The molecule has 166 valence electrons. The summed E-state index contributed by atoms with van der Waals surface area (Å²) in [7, 11) is -1.32. The molecule has 3 rings (SSSR count). The lowest BCUT2D eigenvalue weighted by molar-refractivity contribution is 0.0702. The average molecular weight is 458 g/mol. The molecule has 10 heteroatoms. The summed E-state index contributed by atoms with van der Waals surface area (Å²) in [6, 6.07) is 4.91. The van der Waals surface area contributed by atoms with Gasteiger partial charge < -0.3 is 15.6 Å². The lowest BCUT2D eigenvalue weighted by atomic mass is 9.85. The standard InChI is InChI=1S/C20H29F2N3O3SSi/c1-19(13-6-5-7-14(21)16(13)22)15-10-20(15,11-23)29-17(24-19)25(18(26)27)12-28-8-9-30(2,3)4/h5-7,15H,8-12,23H2,1-4H3,(H,26,27)/t15-,19+,20+/m0/s1. The SMILES string of the molecule is C[C@]1(c2cccc(F)c2F)N=C(N(COCC[Si](C)(C)C)C(=O)O)S[C@@]2(CN)C[C@H]21.